The predicted molar refractivity (Wildman–Crippen MR) is 88.8 cm³/mol. The van der Waals surface area contributed by atoms with E-state index in [2.05, 4.69) is 15.5 Å². The molecule has 0 radical (unpaired) electrons. The summed E-state index contributed by atoms with van der Waals surface area (Å²) in [5.74, 6) is 0.382. The SMILES string of the molecule is CCN(CC(=O)Nc1nnc(CC(C)C)o1)Cc1cccc(F)c1. The summed E-state index contributed by atoms with van der Waals surface area (Å²) in [6.45, 7) is 7.35. The first kappa shape index (κ1) is 18.1. The molecule has 2 rings (SSSR count). The van der Waals surface area contributed by atoms with Gasteiger partial charge in [0.1, 0.15) is 5.82 Å². The number of benzene rings is 1. The summed E-state index contributed by atoms with van der Waals surface area (Å²) < 4.78 is 18.6. The Hall–Kier alpha value is -2.28. The Balaban J connectivity index is 1.88. The van der Waals surface area contributed by atoms with Gasteiger partial charge in [0.15, 0.2) is 0 Å². The minimum absolute atomic E-state index is 0.109. The number of rotatable bonds is 8. The summed E-state index contributed by atoms with van der Waals surface area (Å²) in [6, 6.07) is 6.47. The molecule has 0 saturated carbocycles. The molecule has 130 valence electrons. The lowest BCUT2D eigenvalue weighted by atomic mass is 10.1. The Morgan fingerprint density at radius 1 is 1.38 bits per heavy atom. The number of amides is 1. The third kappa shape index (κ3) is 5.73. The summed E-state index contributed by atoms with van der Waals surface area (Å²) in [6.07, 6.45) is 0.670. The highest BCUT2D eigenvalue weighted by atomic mass is 19.1. The first-order valence-corrected chi connectivity index (χ1v) is 8.05. The molecule has 0 fully saturated rings. The number of nitrogens with zero attached hydrogens (tertiary/aromatic N) is 3. The van der Waals surface area contributed by atoms with Crippen LogP contribution in [0.15, 0.2) is 28.7 Å². The van der Waals surface area contributed by atoms with Crippen molar-refractivity contribution in [2.45, 2.75) is 33.7 Å². The molecule has 2 aromatic rings. The van der Waals surface area contributed by atoms with Crippen molar-refractivity contribution in [1.82, 2.24) is 15.1 Å². The average Bonchev–Trinajstić information content (AvgIpc) is 2.92. The Morgan fingerprint density at radius 2 is 2.17 bits per heavy atom. The van der Waals surface area contributed by atoms with Crippen molar-refractivity contribution in [1.29, 1.82) is 0 Å². The van der Waals surface area contributed by atoms with E-state index in [0.29, 0.717) is 31.3 Å². The Morgan fingerprint density at radius 3 is 2.83 bits per heavy atom. The maximum Gasteiger partial charge on any atom is 0.322 e. The third-order valence-corrected chi connectivity index (χ3v) is 3.41. The number of aromatic nitrogens is 2. The van der Waals surface area contributed by atoms with Gasteiger partial charge in [0.05, 0.1) is 6.54 Å². The molecular weight excluding hydrogens is 311 g/mol. The van der Waals surface area contributed by atoms with E-state index in [1.54, 1.807) is 6.07 Å². The first-order chi connectivity index (χ1) is 11.5. The first-order valence-electron chi connectivity index (χ1n) is 8.05. The summed E-state index contributed by atoms with van der Waals surface area (Å²) in [5.41, 5.74) is 0.821. The van der Waals surface area contributed by atoms with Crippen molar-refractivity contribution in [2.75, 3.05) is 18.4 Å². The lowest BCUT2D eigenvalue weighted by Crippen LogP contribution is -2.32. The Labute approximate surface area is 141 Å². The zero-order chi connectivity index (χ0) is 17.5. The van der Waals surface area contributed by atoms with E-state index < -0.39 is 0 Å². The van der Waals surface area contributed by atoms with E-state index in [4.69, 9.17) is 4.42 Å². The number of hydrogen-bond acceptors (Lipinski definition) is 5. The molecule has 24 heavy (non-hydrogen) atoms. The summed E-state index contributed by atoms with van der Waals surface area (Å²) in [4.78, 5) is 14.0. The molecule has 6 nitrogen and oxygen atoms in total. The van der Waals surface area contributed by atoms with E-state index in [1.807, 2.05) is 31.7 Å². The fraction of sp³-hybridized carbons (Fsp3) is 0.471. The molecule has 1 N–H and O–H groups in total. The fourth-order valence-electron chi connectivity index (χ4n) is 2.27. The summed E-state index contributed by atoms with van der Waals surface area (Å²) >= 11 is 0. The minimum atomic E-state index is -0.281. The van der Waals surface area contributed by atoms with E-state index in [-0.39, 0.29) is 24.3 Å². The lowest BCUT2D eigenvalue weighted by molar-refractivity contribution is -0.117. The standard InChI is InChI=1S/C17H23FN4O2/c1-4-22(10-13-6-5-7-14(18)9-13)11-15(23)19-17-21-20-16(24-17)8-12(2)3/h5-7,9,12H,4,8,10-11H2,1-3H3,(H,19,21,23). The lowest BCUT2D eigenvalue weighted by Gasteiger charge is -2.19. The number of carbonyl (C=O) groups excluding carboxylic acids is 1. The normalized spacial score (nSPS) is 11.2. The zero-order valence-electron chi connectivity index (χ0n) is 14.3. The second kappa shape index (κ2) is 8.54. The van der Waals surface area contributed by atoms with Crippen LogP contribution in [-0.4, -0.2) is 34.1 Å². The summed E-state index contributed by atoms with van der Waals surface area (Å²) in [7, 11) is 0. The van der Waals surface area contributed by atoms with Gasteiger partial charge in [-0.3, -0.25) is 15.0 Å². The van der Waals surface area contributed by atoms with Crippen LogP contribution < -0.4 is 5.32 Å². The molecule has 0 bridgehead atoms. The van der Waals surface area contributed by atoms with Crippen molar-refractivity contribution in [3.8, 4) is 0 Å². The highest BCUT2D eigenvalue weighted by Crippen LogP contribution is 2.11. The van der Waals surface area contributed by atoms with E-state index in [9.17, 15) is 9.18 Å². The van der Waals surface area contributed by atoms with Gasteiger partial charge in [-0.2, -0.15) is 0 Å². The predicted octanol–water partition coefficient (Wildman–Crippen LogP) is 2.87. The maximum absolute atomic E-state index is 13.2. The van der Waals surface area contributed by atoms with Crippen LogP contribution in [-0.2, 0) is 17.8 Å². The molecule has 0 atom stereocenters. The van der Waals surface area contributed by atoms with Gasteiger partial charge in [-0.1, -0.05) is 38.0 Å². The number of anilines is 1. The molecule has 1 aromatic carbocycles. The quantitative estimate of drug-likeness (QED) is 0.804. The van der Waals surface area contributed by atoms with Crippen molar-refractivity contribution >= 4 is 11.9 Å². The molecule has 0 aliphatic carbocycles. The molecule has 0 aliphatic rings. The van der Waals surface area contributed by atoms with Crippen LogP contribution in [0.5, 0.6) is 0 Å². The fourth-order valence-corrected chi connectivity index (χ4v) is 2.27. The number of carbonyl (C=O) groups is 1. The molecule has 1 amide bonds. The van der Waals surface area contributed by atoms with Gasteiger partial charge < -0.3 is 4.42 Å². The molecule has 0 aliphatic heterocycles. The minimum Gasteiger partial charge on any atom is -0.408 e. The highest BCUT2D eigenvalue weighted by molar-refractivity contribution is 5.90. The molecule has 0 unspecified atom stereocenters. The van der Waals surface area contributed by atoms with Gasteiger partial charge in [0.25, 0.3) is 0 Å². The molecule has 7 heteroatoms. The van der Waals surface area contributed by atoms with E-state index in [1.165, 1.54) is 12.1 Å². The number of halogens is 1. The van der Waals surface area contributed by atoms with Crippen molar-refractivity contribution in [3.63, 3.8) is 0 Å². The smallest absolute Gasteiger partial charge is 0.322 e. The van der Waals surface area contributed by atoms with Crippen molar-refractivity contribution in [2.24, 2.45) is 5.92 Å². The molecule has 0 saturated heterocycles. The van der Waals surface area contributed by atoms with Crippen LogP contribution in [0.2, 0.25) is 0 Å². The maximum atomic E-state index is 13.2. The van der Waals surface area contributed by atoms with Gasteiger partial charge in [0.2, 0.25) is 11.8 Å². The van der Waals surface area contributed by atoms with Gasteiger partial charge in [-0.05, 0) is 30.2 Å². The second-order valence-corrected chi connectivity index (χ2v) is 6.08. The van der Waals surface area contributed by atoms with Gasteiger partial charge in [-0.15, -0.1) is 5.10 Å². The molecule has 0 spiro atoms. The number of likely N-dealkylation sites (N-methyl/N-ethyl adjacent to an activating group) is 1. The number of hydrogen-bond donors (Lipinski definition) is 1. The Bertz CT molecular complexity index is 672. The monoisotopic (exact) mass is 334 g/mol. The van der Waals surface area contributed by atoms with Crippen LogP contribution in [0.4, 0.5) is 10.4 Å². The largest absolute Gasteiger partial charge is 0.408 e. The van der Waals surface area contributed by atoms with Crippen molar-refractivity contribution < 1.29 is 13.6 Å². The van der Waals surface area contributed by atoms with Crippen LogP contribution in [0.1, 0.15) is 32.2 Å². The van der Waals surface area contributed by atoms with Gasteiger partial charge in [-0.25, -0.2) is 4.39 Å². The van der Waals surface area contributed by atoms with Crippen LogP contribution in [0, 0.1) is 11.7 Å². The van der Waals surface area contributed by atoms with Crippen LogP contribution in [0.25, 0.3) is 0 Å². The van der Waals surface area contributed by atoms with Crippen LogP contribution in [0.3, 0.4) is 0 Å². The second-order valence-electron chi connectivity index (χ2n) is 6.08. The molecule has 1 heterocycles. The zero-order valence-corrected chi connectivity index (χ0v) is 14.3. The van der Waals surface area contributed by atoms with E-state index in [0.717, 1.165) is 5.56 Å². The highest BCUT2D eigenvalue weighted by Gasteiger charge is 2.14. The topological polar surface area (TPSA) is 71.3 Å². The van der Waals surface area contributed by atoms with Crippen LogP contribution >= 0.6 is 0 Å². The molecular formula is C17H23FN4O2. The average molecular weight is 334 g/mol. The summed E-state index contributed by atoms with van der Waals surface area (Å²) in [5, 5.41) is 10.3. The van der Waals surface area contributed by atoms with Gasteiger partial charge >= 0.3 is 6.01 Å². The molecule has 1 aromatic heterocycles. The Kier molecular flexibility index (Phi) is 6.43. The van der Waals surface area contributed by atoms with E-state index >= 15 is 0 Å². The van der Waals surface area contributed by atoms with Crippen molar-refractivity contribution in [3.05, 3.63) is 41.5 Å². The number of nitrogens with one attached hydrogen (secondary N) is 1. The third-order valence-electron chi connectivity index (χ3n) is 3.41. The van der Waals surface area contributed by atoms with Gasteiger partial charge in [0, 0.05) is 13.0 Å².